The maximum Gasteiger partial charge on any atom is 0.429 e. The van der Waals surface area contributed by atoms with Gasteiger partial charge in [0.05, 0.1) is 12.6 Å². The number of hydrazine groups is 1. The first kappa shape index (κ1) is 21.2. The molecule has 0 spiro atoms. The highest BCUT2D eigenvalue weighted by Crippen LogP contribution is 2.12. The summed E-state index contributed by atoms with van der Waals surface area (Å²) in [5.74, 6) is -0.122. The molecule has 7 nitrogen and oxygen atoms in total. The minimum atomic E-state index is -0.806. The molecule has 0 bridgehead atoms. The van der Waals surface area contributed by atoms with E-state index in [4.69, 9.17) is 9.47 Å². The molecule has 2 N–H and O–H groups in total. The third kappa shape index (κ3) is 6.59. The molecule has 2 aromatic carbocycles. The van der Waals surface area contributed by atoms with Crippen LogP contribution in [0.5, 0.6) is 0 Å². The second kappa shape index (κ2) is 10.9. The van der Waals surface area contributed by atoms with E-state index in [2.05, 4.69) is 5.43 Å². The van der Waals surface area contributed by atoms with Crippen LogP contribution in [0.15, 0.2) is 60.7 Å². The molecule has 2 rings (SSSR count). The highest BCUT2D eigenvalue weighted by molar-refractivity contribution is 5.74. The number of aliphatic hydroxyl groups is 1. The Morgan fingerprint density at radius 3 is 1.89 bits per heavy atom. The Hall–Kier alpha value is -3.06. The molecular formula is C21H26N2O5. The summed E-state index contributed by atoms with van der Waals surface area (Å²) < 4.78 is 10.5. The third-order valence-electron chi connectivity index (χ3n) is 4.11. The van der Waals surface area contributed by atoms with E-state index in [0.29, 0.717) is 0 Å². The SMILES string of the molecule is CC(C)[C@@H](CO)N(NC(=O)OCc1ccccc1)C(=O)OCc1ccccc1. The molecule has 0 unspecified atom stereocenters. The van der Waals surface area contributed by atoms with Crippen molar-refractivity contribution in [1.29, 1.82) is 0 Å². The minimum absolute atomic E-state index is 0.0488. The zero-order valence-electron chi connectivity index (χ0n) is 16.1. The lowest BCUT2D eigenvalue weighted by Crippen LogP contribution is -2.55. The molecule has 0 saturated heterocycles. The van der Waals surface area contributed by atoms with Crippen LogP contribution in [0, 0.1) is 5.92 Å². The largest absolute Gasteiger partial charge is 0.443 e. The van der Waals surface area contributed by atoms with E-state index in [1.165, 1.54) is 0 Å². The van der Waals surface area contributed by atoms with Crippen LogP contribution in [0.2, 0.25) is 0 Å². The van der Waals surface area contributed by atoms with Crippen molar-refractivity contribution in [2.75, 3.05) is 6.61 Å². The summed E-state index contributed by atoms with van der Waals surface area (Å²) >= 11 is 0. The highest BCUT2D eigenvalue weighted by Gasteiger charge is 2.29. The summed E-state index contributed by atoms with van der Waals surface area (Å²) in [5.41, 5.74) is 4.02. The maximum absolute atomic E-state index is 12.6. The first-order chi connectivity index (χ1) is 13.5. The second-order valence-electron chi connectivity index (χ2n) is 6.58. The van der Waals surface area contributed by atoms with Gasteiger partial charge in [-0.25, -0.2) is 20.0 Å². The van der Waals surface area contributed by atoms with E-state index in [-0.39, 0.29) is 25.7 Å². The number of carbonyl (C=O) groups is 2. The van der Waals surface area contributed by atoms with Gasteiger partial charge in [0, 0.05) is 0 Å². The molecule has 2 aromatic rings. The number of hydrogen-bond acceptors (Lipinski definition) is 5. The van der Waals surface area contributed by atoms with E-state index in [0.717, 1.165) is 16.1 Å². The predicted octanol–water partition coefficient (Wildman–Crippen LogP) is 3.48. The number of hydrogen-bond donors (Lipinski definition) is 2. The molecule has 0 aliphatic carbocycles. The Morgan fingerprint density at radius 1 is 0.929 bits per heavy atom. The molecule has 0 aromatic heterocycles. The van der Waals surface area contributed by atoms with Crippen LogP contribution < -0.4 is 5.43 Å². The van der Waals surface area contributed by atoms with Gasteiger partial charge in [0.1, 0.15) is 13.2 Å². The predicted molar refractivity (Wildman–Crippen MR) is 104 cm³/mol. The average Bonchev–Trinajstić information content (AvgIpc) is 2.71. The second-order valence-corrected chi connectivity index (χ2v) is 6.58. The third-order valence-corrected chi connectivity index (χ3v) is 4.11. The topological polar surface area (TPSA) is 88.1 Å². The standard InChI is InChI=1S/C21H26N2O5/c1-16(2)19(13-24)23(21(26)28-15-18-11-7-4-8-12-18)22-20(25)27-14-17-9-5-3-6-10-17/h3-12,16,19,24H,13-15H2,1-2H3,(H,22,25)/t19-/m1/s1. The lowest BCUT2D eigenvalue weighted by molar-refractivity contribution is 0.0197. The van der Waals surface area contributed by atoms with Crippen molar-refractivity contribution < 1.29 is 24.2 Å². The van der Waals surface area contributed by atoms with Gasteiger partial charge in [0.15, 0.2) is 0 Å². The van der Waals surface area contributed by atoms with Gasteiger partial charge in [-0.05, 0) is 17.0 Å². The zero-order valence-corrected chi connectivity index (χ0v) is 16.1. The number of rotatable bonds is 7. The quantitative estimate of drug-likeness (QED) is 0.711. The van der Waals surface area contributed by atoms with Crippen LogP contribution in [0.4, 0.5) is 9.59 Å². The molecule has 0 saturated carbocycles. The first-order valence-electron chi connectivity index (χ1n) is 9.09. The zero-order chi connectivity index (χ0) is 20.4. The Kier molecular flexibility index (Phi) is 8.30. The fourth-order valence-corrected chi connectivity index (χ4v) is 2.50. The van der Waals surface area contributed by atoms with Crippen LogP contribution in [-0.4, -0.2) is 35.0 Å². The molecule has 150 valence electrons. The number of nitrogens with zero attached hydrogens (tertiary/aromatic N) is 1. The molecule has 1 atom stereocenters. The van der Waals surface area contributed by atoms with Crippen LogP contribution in [-0.2, 0) is 22.7 Å². The van der Waals surface area contributed by atoms with Crippen molar-refractivity contribution in [3.8, 4) is 0 Å². The molecule has 0 fully saturated rings. The van der Waals surface area contributed by atoms with E-state index in [1.54, 1.807) is 0 Å². The van der Waals surface area contributed by atoms with E-state index < -0.39 is 18.2 Å². The fraction of sp³-hybridized carbons (Fsp3) is 0.333. The van der Waals surface area contributed by atoms with Crippen LogP contribution in [0.25, 0.3) is 0 Å². The molecule has 0 radical (unpaired) electrons. The van der Waals surface area contributed by atoms with Crippen LogP contribution >= 0.6 is 0 Å². The smallest absolute Gasteiger partial charge is 0.429 e. The molecule has 2 amide bonds. The molecule has 0 heterocycles. The number of ether oxygens (including phenoxy) is 2. The van der Waals surface area contributed by atoms with Crippen LogP contribution in [0.1, 0.15) is 25.0 Å². The van der Waals surface area contributed by atoms with Gasteiger partial charge in [0.25, 0.3) is 0 Å². The molecular weight excluding hydrogens is 360 g/mol. The summed E-state index contributed by atoms with van der Waals surface area (Å²) in [7, 11) is 0. The Bertz CT molecular complexity index is 737. The Morgan fingerprint density at radius 2 is 1.43 bits per heavy atom. The molecule has 28 heavy (non-hydrogen) atoms. The minimum Gasteiger partial charge on any atom is -0.443 e. The summed E-state index contributed by atoms with van der Waals surface area (Å²) in [5, 5.41) is 10.7. The van der Waals surface area contributed by atoms with Gasteiger partial charge >= 0.3 is 12.2 Å². The summed E-state index contributed by atoms with van der Waals surface area (Å²) in [6, 6.07) is 17.7. The molecule has 0 aliphatic heterocycles. The highest BCUT2D eigenvalue weighted by atomic mass is 16.6. The first-order valence-corrected chi connectivity index (χ1v) is 9.09. The average molecular weight is 386 g/mol. The van der Waals surface area contributed by atoms with Crippen molar-refractivity contribution in [2.24, 2.45) is 5.92 Å². The monoisotopic (exact) mass is 386 g/mol. The number of carbonyl (C=O) groups excluding carboxylic acids is 2. The number of nitrogens with one attached hydrogen (secondary N) is 1. The lowest BCUT2D eigenvalue weighted by Gasteiger charge is -2.31. The van der Waals surface area contributed by atoms with Crippen LogP contribution in [0.3, 0.4) is 0 Å². The normalized spacial score (nSPS) is 11.6. The molecule has 7 heteroatoms. The van der Waals surface area contributed by atoms with Gasteiger partial charge in [-0.15, -0.1) is 0 Å². The van der Waals surface area contributed by atoms with Gasteiger partial charge in [-0.3, -0.25) is 0 Å². The van der Waals surface area contributed by atoms with E-state index in [9.17, 15) is 14.7 Å². The lowest BCUT2D eigenvalue weighted by atomic mass is 10.1. The fourth-order valence-electron chi connectivity index (χ4n) is 2.50. The van der Waals surface area contributed by atoms with Crippen molar-refractivity contribution in [2.45, 2.75) is 33.1 Å². The van der Waals surface area contributed by atoms with E-state index in [1.807, 2.05) is 74.5 Å². The number of amides is 2. The van der Waals surface area contributed by atoms with Gasteiger partial charge < -0.3 is 14.6 Å². The Balaban J connectivity index is 1.99. The van der Waals surface area contributed by atoms with Crippen molar-refractivity contribution >= 4 is 12.2 Å². The van der Waals surface area contributed by atoms with E-state index >= 15 is 0 Å². The van der Waals surface area contributed by atoms with Gasteiger partial charge in [-0.1, -0.05) is 74.5 Å². The summed E-state index contributed by atoms with van der Waals surface area (Å²) in [6.45, 7) is 3.43. The Labute approximate surface area is 164 Å². The van der Waals surface area contributed by atoms with Gasteiger partial charge in [-0.2, -0.15) is 0 Å². The summed E-state index contributed by atoms with van der Waals surface area (Å²) in [6.07, 6.45) is -1.58. The number of aliphatic hydroxyl groups excluding tert-OH is 1. The molecule has 0 aliphatic rings. The maximum atomic E-state index is 12.6. The van der Waals surface area contributed by atoms with Crippen molar-refractivity contribution in [3.05, 3.63) is 71.8 Å². The van der Waals surface area contributed by atoms with Crippen molar-refractivity contribution in [1.82, 2.24) is 10.4 Å². The number of benzene rings is 2. The van der Waals surface area contributed by atoms with Gasteiger partial charge in [0.2, 0.25) is 0 Å². The summed E-state index contributed by atoms with van der Waals surface area (Å²) in [4.78, 5) is 24.7. The van der Waals surface area contributed by atoms with Crippen molar-refractivity contribution in [3.63, 3.8) is 0 Å².